The molecule has 0 aliphatic heterocycles. The lowest BCUT2D eigenvalue weighted by molar-refractivity contribution is 0.287. The molecule has 6 nitrogen and oxygen atoms in total. The maximum atomic E-state index is 5.69. The number of rotatable bonds is 9. The van der Waals surface area contributed by atoms with E-state index in [1.54, 1.807) is 7.05 Å². The lowest BCUT2D eigenvalue weighted by atomic mass is 10.1. The molecule has 0 saturated carbocycles. The summed E-state index contributed by atoms with van der Waals surface area (Å²) in [4.78, 5) is 8.66. The van der Waals surface area contributed by atoms with Crippen LogP contribution in [0.15, 0.2) is 41.5 Å². The van der Waals surface area contributed by atoms with Gasteiger partial charge in [0.05, 0.1) is 25.5 Å². The van der Waals surface area contributed by atoms with E-state index in [4.69, 9.17) is 9.47 Å². The molecule has 1 heterocycles. The van der Waals surface area contributed by atoms with Crippen LogP contribution in [0.1, 0.15) is 30.7 Å². The highest BCUT2D eigenvalue weighted by atomic mass is 127. The third-order valence-electron chi connectivity index (χ3n) is 4.08. The quantitative estimate of drug-likeness (QED) is 0.314. The third-order valence-corrected chi connectivity index (χ3v) is 4.08. The molecule has 0 spiro atoms. The van der Waals surface area contributed by atoms with Gasteiger partial charge in [-0.1, -0.05) is 12.1 Å². The van der Waals surface area contributed by atoms with Crippen molar-refractivity contribution in [3.63, 3.8) is 0 Å². The average molecular weight is 498 g/mol. The largest absolute Gasteiger partial charge is 0.490 e. The Morgan fingerprint density at radius 1 is 1.07 bits per heavy atom. The Hall–Kier alpha value is -2.03. The Morgan fingerprint density at radius 3 is 2.50 bits per heavy atom. The van der Waals surface area contributed by atoms with Crippen molar-refractivity contribution >= 4 is 29.9 Å². The fourth-order valence-corrected chi connectivity index (χ4v) is 2.67. The Labute approximate surface area is 185 Å². The van der Waals surface area contributed by atoms with Crippen LogP contribution in [-0.2, 0) is 13.0 Å². The first-order valence-corrected chi connectivity index (χ1v) is 9.41. The maximum Gasteiger partial charge on any atom is 0.191 e. The lowest BCUT2D eigenvalue weighted by Crippen LogP contribution is -2.38. The van der Waals surface area contributed by atoms with Crippen molar-refractivity contribution in [2.45, 2.75) is 33.7 Å². The highest BCUT2D eigenvalue weighted by Gasteiger charge is 2.07. The summed E-state index contributed by atoms with van der Waals surface area (Å²) in [6.45, 7) is 8.65. The van der Waals surface area contributed by atoms with Crippen molar-refractivity contribution in [2.24, 2.45) is 4.99 Å². The number of nitrogens with zero attached hydrogens (tertiary/aromatic N) is 2. The fraction of sp³-hybridized carbons (Fsp3) is 0.429. The van der Waals surface area contributed by atoms with Gasteiger partial charge in [-0.25, -0.2) is 0 Å². The molecular weight excluding hydrogens is 467 g/mol. The van der Waals surface area contributed by atoms with Crippen LogP contribution >= 0.6 is 24.0 Å². The van der Waals surface area contributed by atoms with Crippen LogP contribution in [0.4, 0.5) is 0 Å². The lowest BCUT2D eigenvalue weighted by Gasteiger charge is -2.14. The smallest absolute Gasteiger partial charge is 0.191 e. The normalized spacial score (nSPS) is 10.8. The molecule has 1 aromatic heterocycles. The zero-order chi connectivity index (χ0) is 19.5. The number of halogens is 1. The molecule has 2 rings (SSSR count). The molecule has 0 aliphatic carbocycles. The van der Waals surface area contributed by atoms with Gasteiger partial charge in [-0.3, -0.25) is 9.98 Å². The van der Waals surface area contributed by atoms with Gasteiger partial charge in [0.15, 0.2) is 17.5 Å². The fourth-order valence-electron chi connectivity index (χ4n) is 2.67. The summed E-state index contributed by atoms with van der Waals surface area (Å²) in [5.41, 5.74) is 3.37. The summed E-state index contributed by atoms with van der Waals surface area (Å²) in [6, 6.07) is 10.1. The van der Waals surface area contributed by atoms with Crippen molar-refractivity contribution in [1.82, 2.24) is 15.6 Å². The van der Waals surface area contributed by atoms with Gasteiger partial charge in [-0.05, 0) is 56.5 Å². The van der Waals surface area contributed by atoms with E-state index >= 15 is 0 Å². The molecule has 0 bridgehead atoms. The van der Waals surface area contributed by atoms with Gasteiger partial charge >= 0.3 is 0 Å². The van der Waals surface area contributed by atoms with Crippen LogP contribution in [-0.4, -0.2) is 37.7 Å². The predicted molar refractivity (Wildman–Crippen MR) is 125 cm³/mol. The van der Waals surface area contributed by atoms with Crippen LogP contribution in [0.5, 0.6) is 11.5 Å². The Morgan fingerprint density at radius 2 is 1.82 bits per heavy atom. The number of aromatic nitrogens is 1. The summed E-state index contributed by atoms with van der Waals surface area (Å²) in [7, 11) is 1.77. The van der Waals surface area contributed by atoms with Crippen LogP contribution in [0.3, 0.4) is 0 Å². The minimum absolute atomic E-state index is 0. The van der Waals surface area contributed by atoms with Gasteiger partial charge in [0.2, 0.25) is 0 Å². The minimum Gasteiger partial charge on any atom is -0.490 e. The second-order valence-electron chi connectivity index (χ2n) is 6.02. The Balaban J connectivity index is 0.00000392. The highest BCUT2D eigenvalue weighted by molar-refractivity contribution is 14.0. The number of hydrogen-bond acceptors (Lipinski definition) is 4. The molecule has 0 unspecified atom stereocenters. The summed E-state index contributed by atoms with van der Waals surface area (Å²) >= 11 is 0. The standard InChI is InChI=1S/C21H30N4O2.HI/c1-5-26-19-10-9-17(14-20(19)27-6-2)11-13-24-21(22-4)25-15-18-16(3)8-7-12-23-18;/h7-10,12,14H,5-6,11,13,15H2,1-4H3,(H2,22,24,25);1H. The summed E-state index contributed by atoms with van der Waals surface area (Å²) in [6.07, 6.45) is 2.66. The molecular formula is C21H31IN4O2. The molecule has 28 heavy (non-hydrogen) atoms. The van der Waals surface area contributed by atoms with Gasteiger partial charge in [0.25, 0.3) is 0 Å². The first kappa shape index (κ1) is 24.0. The molecule has 0 radical (unpaired) electrons. The first-order valence-electron chi connectivity index (χ1n) is 9.41. The van der Waals surface area contributed by atoms with Crippen molar-refractivity contribution < 1.29 is 9.47 Å². The second kappa shape index (κ2) is 13.2. The summed E-state index contributed by atoms with van der Waals surface area (Å²) < 4.78 is 11.3. The number of guanidine groups is 1. The third kappa shape index (κ3) is 7.53. The Bertz CT molecular complexity index is 753. The zero-order valence-electron chi connectivity index (χ0n) is 17.1. The summed E-state index contributed by atoms with van der Waals surface area (Å²) in [5, 5.41) is 6.64. The van der Waals surface area contributed by atoms with E-state index < -0.39 is 0 Å². The van der Waals surface area contributed by atoms with E-state index in [1.807, 2.05) is 38.2 Å². The van der Waals surface area contributed by atoms with E-state index in [1.165, 1.54) is 11.1 Å². The molecule has 2 aromatic rings. The number of pyridine rings is 1. The van der Waals surface area contributed by atoms with Crippen molar-refractivity contribution in [3.05, 3.63) is 53.3 Å². The number of ether oxygens (including phenoxy) is 2. The van der Waals surface area contributed by atoms with E-state index in [0.29, 0.717) is 19.8 Å². The van der Waals surface area contributed by atoms with E-state index in [-0.39, 0.29) is 24.0 Å². The van der Waals surface area contributed by atoms with Crippen molar-refractivity contribution in [1.29, 1.82) is 0 Å². The number of aliphatic imine (C=N–C) groups is 1. The van der Waals surface area contributed by atoms with Crippen molar-refractivity contribution in [3.8, 4) is 11.5 Å². The Kier molecular flexibility index (Phi) is 11.3. The van der Waals surface area contributed by atoms with Gasteiger partial charge in [0, 0.05) is 19.8 Å². The molecule has 1 aromatic carbocycles. The van der Waals surface area contributed by atoms with Gasteiger partial charge in [0.1, 0.15) is 0 Å². The molecule has 0 aliphatic rings. The number of hydrogen-bond donors (Lipinski definition) is 2. The predicted octanol–water partition coefficient (Wildman–Crippen LogP) is 3.71. The van der Waals surface area contributed by atoms with Gasteiger partial charge in [-0.15, -0.1) is 24.0 Å². The van der Waals surface area contributed by atoms with Gasteiger partial charge in [-0.2, -0.15) is 0 Å². The van der Waals surface area contributed by atoms with Crippen LogP contribution in [0, 0.1) is 6.92 Å². The molecule has 154 valence electrons. The SMILES string of the molecule is CCOc1ccc(CCNC(=NC)NCc2ncccc2C)cc1OCC.I. The van der Waals surface area contributed by atoms with Crippen LogP contribution < -0.4 is 20.1 Å². The number of benzene rings is 1. The molecule has 0 fully saturated rings. The second-order valence-corrected chi connectivity index (χ2v) is 6.02. The van der Waals surface area contributed by atoms with Crippen molar-refractivity contribution in [2.75, 3.05) is 26.8 Å². The van der Waals surface area contributed by atoms with Crippen LogP contribution in [0.25, 0.3) is 0 Å². The first-order chi connectivity index (χ1) is 13.2. The topological polar surface area (TPSA) is 67.8 Å². The molecule has 0 saturated heterocycles. The summed E-state index contributed by atoms with van der Waals surface area (Å²) in [5.74, 6) is 2.35. The average Bonchev–Trinajstić information content (AvgIpc) is 2.68. The van der Waals surface area contributed by atoms with Crippen LogP contribution in [0.2, 0.25) is 0 Å². The van der Waals surface area contributed by atoms with E-state index in [2.05, 4.69) is 39.7 Å². The zero-order valence-corrected chi connectivity index (χ0v) is 19.4. The molecule has 0 atom stereocenters. The number of aryl methyl sites for hydroxylation is 1. The highest BCUT2D eigenvalue weighted by Crippen LogP contribution is 2.28. The molecule has 0 amide bonds. The van der Waals surface area contributed by atoms with Gasteiger partial charge < -0.3 is 20.1 Å². The maximum absolute atomic E-state index is 5.69. The molecule has 2 N–H and O–H groups in total. The monoisotopic (exact) mass is 498 g/mol. The van der Waals surface area contributed by atoms with E-state index in [0.717, 1.165) is 36.1 Å². The van der Waals surface area contributed by atoms with E-state index in [9.17, 15) is 0 Å². The minimum atomic E-state index is 0. The molecule has 7 heteroatoms. The number of nitrogens with one attached hydrogen (secondary N) is 2.